The molecule has 176 valence electrons. The Kier molecular flexibility index (Phi) is 6.94. The molecule has 0 unspecified atom stereocenters. The van der Waals surface area contributed by atoms with E-state index in [-0.39, 0.29) is 17.9 Å². The zero-order valence-corrected chi connectivity index (χ0v) is 20.3. The number of rotatable bonds is 8. The van der Waals surface area contributed by atoms with Crippen LogP contribution in [0.3, 0.4) is 0 Å². The highest BCUT2D eigenvalue weighted by Crippen LogP contribution is 2.60. The Morgan fingerprint density at radius 2 is 2.00 bits per heavy atom. The summed E-state index contributed by atoms with van der Waals surface area (Å²) in [5, 5.41) is 20.8. The molecule has 2 heteroatoms. The van der Waals surface area contributed by atoms with Crippen molar-refractivity contribution < 1.29 is 14.3 Å². The Morgan fingerprint density at radius 3 is 2.71 bits per heavy atom. The van der Waals surface area contributed by atoms with Crippen LogP contribution in [0.1, 0.15) is 115 Å². The molecule has 0 amide bonds. The first-order valence-corrected chi connectivity index (χ1v) is 13.0. The van der Waals surface area contributed by atoms with Gasteiger partial charge in [0.25, 0.3) is 0 Å². The molecule has 0 aliphatic heterocycles. The van der Waals surface area contributed by atoms with E-state index < -0.39 is 17.9 Å². The largest absolute Gasteiger partial charge is 0.393 e. The van der Waals surface area contributed by atoms with E-state index in [1.54, 1.807) is 0 Å². The molecule has 3 aliphatic rings. The molecule has 2 N–H and O–H groups in total. The topological polar surface area (TPSA) is 40.5 Å². The van der Waals surface area contributed by atoms with Gasteiger partial charge in [-0.1, -0.05) is 70.3 Å². The van der Waals surface area contributed by atoms with Crippen molar-refractivity contribution in [2.45, 2.75) is 123 Å². The summed E-state index contributed by atoms with van der Waals surface area (Å²) in [5.74, 6) is 0.654. The van der Waals surface area contributed by atoms with E-state index in [1.165, 1.54) is 5.57 Å². The van der Waals surface area contributed by atoms with E-state index in [1.807, 2.05) is 13.8 Å². The predicted octanol–water partition coefficient (Wildman–Crippen LogP) is 7.51. The first-order valence-electron chi connectivity index (χ1n) is 14.5. The fraction of sp³-hybridized carbons (Fsp3) is 0.793. The lowest BCUT2D eigenvalue weighted by molar-refractivity contribution is 0.0178. The van der Waals surface area contributed by atoms with Crippen molar-refractivity contribution in [3.63, 3.8) is 0 Å². The SMILES string of the molecule is [2H]C([2H])([2H])[C@]12CCC/C(=C\C=C3\C[C@@H](O)CCC3=C)[C@@H]1CC[C@@H]2[C@H](C)CCCC(O)(CC)CC. The van der Waals surface area contributed by atoms with Crippen LogP contribution < -0.4 is 0 Å². The molecule has 3 saturated carbocycles. The molecular weight excluding hydrogens is 380 g/mol. The maximum Gasteiger partial charge on any atom is 0.0642 e. The highest BCUT2D eigenvalue weighted by Gasteiger charge is 2.50. The second-order valence-electron chi connectivity index (χ2n) is 10.9. The van der Waals surface area contributed by atoms with Crippen LogP contribution in [0.5, 0.6) is 0 Å². The van der Waals surface area contributed by atoms with E-state index in [2.05, 4.69) is 25.7 Å². The fourth-order valence-corrected chi connectivity index (χ4v) is 6.70. The third-order valence-corrected chi connectivity index (χ3v) is 9.05. The van der Waals surface area contributed by atoms with Crippen LogP contribution in [0.15, 0.2) is 35.5 Å². The van der Waals surface area contributed by atoms with Crippen molar-refractivity contribution in [3.05, 3.63) is 35.5 Å². The van der Waals surface area contributed by atoms with Gasteiger partial charge in [0.1, 0.15) is 0 Å². The van der Waals surface area contributed by atoms with Crippen molar-refractivity contribution in [3.8, 4) is 0 Å². The molecule has 2 nitrogen and oxygen atoms in total. The Balaban J connectivity index is 1.81. The summed E-state index contributed by atoms with van der Waals surface area (Å²) in [6.45, 7) is 8.57. The molecule has 3 rings (SSSR count). The van der Waals surface area contributed by atoms with E-state index >= 15 is 0 Å². The highest BCUT2D eigenvalue weighted by molar-refractivity contribution is 5.36. The van der Waals surface area contributed by atoms with E-state index in [9.17, 15) is 10.2 Å². The second-order valence-corrected chi connectivity index (χ2v) is 10.9. The quantitative estimate of drug-likeness (QED) is 0.417. The molecule has 0 heterocycles. The van der Waals surface area contributed by atoms with Gasteiger partial charge in [0.2, 0.25) is 0 Å². The maximum absolute atomic E-state index is 10.7. The van der Waals surface area contributed by atoms with E-state index in [4.69, 9.17) is 4.11 Å². The Hall–Kier alpha value is -0.860. The second kappa shape index (κ2) is 10.4. The zero-order valence-electron chi connectivity index (χ0n) is 23.3. The van der Waals surface area contributed by atoms with Crippen LogP contribution in [0, 0.1) is 23.2 Å². The molecule has 31 heavy (non-hydrogen) atoms. The number of aliphatic hydroxyl groups is 2. The van der Waals surface area contributed by atoms with Gasteiger partial charge >= 0.3 is 0 Å². The van der Waals surface area contributed by atoms with Crippen LogP contribution in [0.25, 0.3) is 0 Å². The minimum atomic E-state index is -1.97. The van der Waals surface area contributed by atoms with Gasteiger partial charge < -0.3 is 10.2 Å². The summed E-state index contributed by atoms with van der Waals surface area (Å²) < 4.78 is 26.1. The molecule has 0 aromatic carbocycles. The van der Waals surface area contributed by atoms with E-state index in [0.29, 0.717) is 12.3 Å². The Morgan fingerprint density at radius 1 is 1.23 bits per heavy atom. The van der Waals surface area contributed by atoms with Gasteiger partial charge in [0.05, 0.1) is 11.7 Å². The average Bonchev–Trinajstić information content (AvgIpc) is 3.21. The van der Waals surface area contributed by atoms with Gasteiger partial charge in [-0.3, -0.25) is 0 Å². The third-order valence-electron chi connectivity index (χ3n) is 9.05. The van der Waals surface area contributed by atoms with E-state index in [0.717, 1.165) is 88.2 Å². The maximum atomic E-state index is 10.7. The summed E-state index contributed by atoms with van der Waals surface area (Å²) in [5.41, 5.74) is 2.31. The number of fused-ring (bicyclic) bond motifs is 1. The lowest BCUT2D eigenvalue weighted by Gasteiger charge is -2.44. The van der Waals surface area contributed by atoms with Crippen LogP contribution in [-0.2, 0) is 0 Å². The summed E-state index contributed by atoms with van der Waals surface area (Å²) in [4.78, 5) is 0. The number of hydrogen-bond acceptors (Lipinski definition) is 2. The van der Waals surface area contributed by atoms with Gasteiger partial charge in [-0.25, -0.2) is 0 Å². The first-order chi connectivity index (χ1) is 16.0. The lowest BCUT2D eigenvalue weighted by atomic mass is 9.60. The summed E-state index contributed by atoms with van der Waals surface area (Å²) in [6, 6.07) is 0. The van der Waals surface area contributed by atoms with Gasteiger partial charge in [0.15, 0.2) is 0 Å². The molecule has 0 aromatic heterocycles. The molecule has 3 aliphatic carbocycles. The average molecular weight is 432 g/mol. The number of hydrogen-bond donors (Lipinski definition) is 2. The molecule has 3 fully saturated rings. The van der Waals surface area contributed by atoms with Crippen LogP contribution >= 0.6 is 0 Å². The standard InChI is InChI=1S/C29H48O2/c1-6-29(31,7-2)19-8-10-22(4)26-16-17-27-23(11-9-18-28(26,27)5)13-14-24-20-25(30)15-12-21(24)3/h13-14,22,25-27,30-31H,3,6-12,15-20H2,1-2,4-5H3/b23-13+,24-14-/t22-,25+,26-,27+,28-/m1/s1/i5D3. The molecule has 0 spiro atoms. The molecule has 0 aromatic rings. The smallest absolute Gasteiger partial charge is 0.0642 e. The fourth-order valence-electron chi connectivity index (χ4n) is 6.70. The Labute approximate surface area is 196 Å². The van der Waals surface area contributed by atoms with Gasteiger partial charge in [0, 0.05) is 4.11 Å². The van der Waals surface area contributed by atoms with Crippen LogP contribution in [0.4, 0.5) is 0 Å². The predicted molar refractivity (Wildman–Crippen MR) is 132 cm³/mol. The summed E-state index contributed by atoms with van der Waals surface area (Å²) in [7, 11) is 0. The van der Waals surface area contributed by atoms with Crippen molar-refractivity contribution >= 4 is 0 Å². The molecular formula is C29H48O2. The lowest BCUT2D eigenvalue weighted by Crippen LogP contribution is -2.36. The van der Waals surface area contributed by atoms with Gasteiger partial charge in [-0.15, -0.1) is 0 Å². The van der Waals surface area contributed by atoms with Crippen molar-refractivity contribution in [2.75, 3.05) is 0 Å². The molecule has 0 saturated heterocycles. The third kappa shape index (κ3) is 5.56. The summed E-state index contributed by atoms with van der Waals surface area (Å²) >= 11 is 0. The Bertz CT molecular complexity index is 777. The molecule has 0 bridgehead atoms. The van der Waals surface area contributed by atoms with Gasteiger partial charge in [-0.05, 0) is 99.4 Å². The van der Waals surface area contributed by atoms with Crippen molar-refractivity contribution in [2.24, 2.45) is 23.2 Å². The molecule has 5 atom stereocenters. The van der Waals surface area contributed by atoms with Crippen LogP contribution in [-0.4, -0.2) is 21.9 Å². The highest BCUT2D eigenvalue weighted by atomic mass is 16.3. The van der Waals surface area contributed by atoms with Gasteiger partial charge in [-0.2, -0.15) is 0 Å². The normalized spacial score (nSPS) is 37.4. The number of aliphatic hydroxyl groups excluding tert-OH is 1. The zero-order chi connectivity index (χ0) is 25.1. The monoisotopic (exact) mass is 431 g/mol. The van der Waals surface area contributed by atoms with Crippen molar-refractivity contribution in [1.82, 2.24) is 0 Å². The minimum absolute atomic E-state index is 0.114. The van der Waals surface area contributed by atoms with Crippen LogP contribution in [0.2, 0.25) is 0 Å². The molecule has 0 radical (unpaired) electrons. The number of allylic oxidation sites excluding steroid dienone is 4. The minimum Gasteiger partial charge on any atom is -0.393 e. The van der Waals surface area contributed by atoms with Crippen molar-refractivity contribution in [1.29, 1.82) is 0 Å². The first kappa shape index (κ1) is 20.7. The summed E-state index contributed by atoms with van der Waals surface area (Å²) in [6.07, 6.45) is 15.2.